The number of hydrogen-bond acceptors (Lipinski definition) is 5. The van der Waals surface area contributed by atoms with Crippen LogP contribution in [0.15, 0.2) is 43.0 Å². The van der Waals surface area contributed by atoms with Crippen LogP contribution in [0.1, 0.15) is 28.8 Å². The van der Waals surface area contributed by atoms with Gasteiger partial charge in [-0.05, 0) is 30.7 Å². The van der Waals surface area contributed by atoms with E-state index in [1.54, 1.807) is 24.8 Å². The molecule has 0 bridgehead atoms. The minimum atomic E-state index is -0.280. The number of nitrogens with zero attached hydrogens (tertiary/aromatic N) is 3. The lowest BCUT2D eigenvalue weighted by atomic mass is 9.84. The highest BCUT2D eigenvalue weighted by molar-refractivity contribution is 5.94. The van der Waals surface area contributed by atoms with E-state index in [1.165, 1.54) is 0 Å². The standard InChI is InChI=1S/C19H21N3O3/c1-14-7-15(10-21-9-14)18(23)22-12-19(13-22)8-16(4-6-24-19)25-17-3-2-5-20-11-17/h2-3,5,7,9-11,16H,4,6,8,12-13H2,1H3. The number of ether oxygens (including phenoxy) is 2. The highest BCUT2D eigenvalue weighted by Crippen LogP contribution is 2.36. The van der Waals surface area contributed by atoms with Crippen molar-refractivity contribution in [2.45, 2.75) is 31.5 Å². The first kappa shape index (κ1) is 16.0. The van der Waals surface area contributed by atoms with Crippen molar-refractivity contribution in [1.82, 2.24) is 14.9 Å². The predicted molar refractivity (Wildman–Crippen MR) is 91.4 cm³/mol. The van der Waals surface area contributed by atoms with Crippen molar-refractivity contribution in [3.8, 4) is 5.75 Å². The summed E-state index contributed by atoms with van der Waals surface area (Å²) < 4.78 is 12.0. The molecule has 0 aromatic carbocycles. The lowest BCUT2D eigenvalue weighted by Gasteiger charge is -2.52. The van der Waals surface area contributed by atoms with Crippen LogP contribution >= 0.6 is 0 Å². The summed E-state index contributed by atoms with van der Waals surface area (Å²) in [5.74, 6) is 0.795. The maximum Gasteiger partial charge on any atom is 0.255 e. The Balaban J connectivity index is 1.37. The average Bonchev–Trinajstić information content (AvgIpc) is 2.60. The SMILES string of the molecule is Cc1cncc(C(=O)N2CC3(CC(Oc4cccnc4)CCO3)C2)c1. The molecule has 25 heavy (non-hydrogen) atoms. The molecule has 0 radical (unpaired) electrons. The van der Waals surface area contributed by atoms with Crippen molar-refractivity contribution in [1.29, 1.82) is 0 Å². The smallest absolute Gasteiger partial charge is 0.255 e. The highest BCUT2D eigenvalue weighted by atomic mass is 16.5. The maximum atomic E-state index is 12.6. The van der Waals surface area contributed by atoms with E-state index in [2.05, 4.69) is 9.97 Å². The minimum absolute atomic E-state index is 0.0146. The van der Waals surface area contributed by atoms with Gasteiger partial charge in [0.15, 0.2) is 0 Å². The van der Waals surface area contributed by atoms with Crippen molar-refractivity contribution < 1.29 is 14.3 Å². The molecular formula is C19H21N3O3. The Morgan fingerprint density at radius 2 is 2.20 bits per heavy atom. The van der Waals surface area contributed by atoms with Gasteiger partial charge in [0.2, 0.25) is 0 Å². The van der Waals surface area contributed by atoms with E-state index < -0.39 is 0 Å². The summed E-state index contributed by atoms with van der Waals surface area (Å²) in [6.45, 7) is 3.80. The summed E-state index contributed by atoms with van der Waals surface area (Å²) in [6.07, 6.45) is 8.56. The first-order chi connectivity index (χ1) is 12.1. The molecule has 4 heterocycles. The molecule has 1 atom stereocenters. The van der Waals surface area contributed by atoms with E-state index in [9.17, 15) is 4.79 Å². The summed E-state index contributed by atoms with van der Waals surface area (Å²) in [6, 6.07) is 5.65. The van der Waals surface area contributed by atoms with Crippen LogP contribution < -0.4 is 4.74 Å². The van der Waals surface area contributed by atoms with Gasteiger partial charge in [-0.2, -0.15) is 0 Å². The quantitative estimate of drug-likeness (QED) is 0.858. The second-order valence-corrected chi connectivity index (χ2v) is 6.87. The zero-order valence-electron chi connectivity index (χ0n) is 14.2. The van der Waals surface area contributed by atoms with Crippen LogP contribution in [0.5, 0.6) is 5.75 Å². The molecule has 4 rings (SSSR count). The van der Waals surface area contributed by atoms with E-state index in [4.69, 9.17) is 9.47 Å². The van der Waals surface area contributed by atoms with Gasteiger partial charge < -0.3 is 14.4 Å². The number of aryl methyl sites for hydroxylation is 1. The lowest BCUT2D eigenvalue weighted by Crippen LogP contribution is -2.67. The van der Waals surface area contributed by atoms with Gasteiger partial charge in [0.1, 0.15) is 17.5 Å². The second-order valence-electron chi connectivity index (χ2n) is 6.87. The number of carbonyl (C=O) groups is 1. The van der Waals surface area contributed by atoms with Crippen molar-refractivity contribution in [2.75, 3.05) is 19.7 Å². The van der Waals surface area contributed by atoms with Crippen LogP contribution in [0.25, 0.3) is 0 Å². The average molecular weight is 339 g/mol. The summed E-state index contributed by atoms with van der Waals surface area (Å²) >= 11 is 0. The van der Waals surface area contributed by atoms with Crippen LogP contribution in [-0.2, 0) is 4.74 Å². The summed E-state index contributed by atoms with van der Waals surface area (Å²) in [5, 5.41) is 0. The zero-order valence-corrected chi connectivity index (χ0v) is 14.2. The molecule has 2 saturated heterocycles. The fraction of sp³-hybridized carbons (Fsp3) is 0.421. The minimum Gasteiger partial charge on any atom is -0.489 e. The van der Waals surface area contributed by atoms with Crippen molar-refractivity contribution in [3.05, 3.63) is 54.1 Å². The number of aromatic nitrogens is 2. The maximum absolute atomic E-state index is 12.6. The summed E-state index contributed by atoms with van der Waals surface area (Å²) in [5.41, 5.74) is 1.34. The van der Waals surface area contributed by atoms with Crippen molar-refractivity contribution in [2.24, 2.45) is 0 Å². The first-order valence-corrected chi connectivity index (χ1v) is 8.55. The Morgan fingerprint density at radius 3 is 2.96 bits per heavy atom. The van der Waals surface area contributed by atoms with E-state index in [1.807, 2.05) is 30.0 Å². The molecule has 0 aliphatic carbocycles. The topological polar surface area (TPSA) is 64.6 Å². The van der Waals surface area contributed by atoms with Gasteiger partial charge in [-0.15, -0.1) is 0 Å². The van der Waals surface area contributed by atoms with Gasteiger partial charge in [0.25, 0.3) is 5.91 Å². The zero-order chi connectivity index (χ0) is 17.3. The number of amides is 1. The van der Waals surface area contributed by atoms with E-state index in [0.29, 0.717) is 25.3 Å². The van der Waals surface area contributed by atoms with Crippen LogP contribution in [0.4, 0.5) is 0 Å². The molecule has 130 valence electrons. The molecule has 6 nitrogen and oxygen atoms in total. The van der Waals surface area contributed by atoms with E-state index in [0.717, 1.165) is 24.2 Å². The van der Waals surface area contributed by atoms with Gasteiger partial charge in [-0.25, -0.2) is 0 Å². The Kier molecular flexibility index (Phi) is 4.13. The molecule has 0 N–H and O–H groups in total. The van der Waals surface area contributed by atoms with Gasteiger partial charge in [0, 0.05) is 31.4 Å². The Labute approximate surface area is 146 Å². The number of rotatable bonds is 3. The molecule has 1 amide bonds. The van der Waals surface area contributed by atoms with Crippen LogP contribution in [0.3, 0.4) is 0 Å². The molecule has 2 aliphatic rings. The molecule has 0 saturated carbocycles. The van der Waals surface area contributed by atoms with Crippen LogP contribution in [0.2, 0.25) is 0 Å². The number of carbonyl (C=O) groups excluding carboxylic acids is 1. The third-order valence-electron chi connectivity index (χ3n) is 4.75. The van der Waals surface area contributed by atoms with Crippen molar-refractivity contribution >= 4 is 5.91 Å². The second kappa shape index (κ2) is 6.44. The molecule has 2 aromatic heterocycles. The fourth-order valence-corrected chi connectivity index (χ4v) is 3.56. The normalized spacial score (nSPS) is 21.6. The molecule has 2 aromatic rings. The molecule has 6 heteroatoms. The van der Waals surface area contributed by atoms with Gasteiger partial charge in [-0.1, -0.05) is 0 Å². The lowest BCUT2D eigenvalue weighted by molar-refractivity contribution is -0.173. The van der Waals surface area contributed by atoms with Crippen LogP contribution in [-0.4, -0.2) is 52.2 Å². The largest absolute Gasteiger partial charge is 0.489 e. The van der Waals surface area contributed by atoms with Crippen molar-refractivity contribution in [3.63, 3.8) is 0 Å². The fourth-order valence-electron chi connectivity index (χ4n) is 3.56. The Morgan fingerprint density at radius 1 is 1.32 bits per heavy atom. The molecule has 2 fully saturated rings. The third-order valence-corrected chi connectivity index (χ3v) is 4.75. The first-order valence-electron chi connectivity index (χ1n) is 8.55. The Hall–Kier alpha value is -2.47. The molecular weight excluding hydrogens is 318 g/mol. The molecule has 1 unspecified atom stereocenters. The number of pyridine rings is 2. The third kappa shape index (κ3) is 3.35. The highest BCUT2D eigenvalue weighted by Gasteiger charge is 2.50. The summed E-state index contributed by atoms with van der Waals surface area (Å²) in [4.78, 5) is 22.6. The van der Waals surface area contributed by atoms with E-state index in [-0.39, 0.29) is 17.6 Å². The van der Waals surface area contributed by atoms with E-state index >= 15 is 0 Å². The number of hydrogen-bond donors (Lipinski definition) is 0. The molecule has 2 aliphatic heterocycles. The van der Waals surface area contributed by atoms with Gasteiger partial charge >= 0.3 is 0 Å². The number of likely N-dealkylation sites (tertiary alicyclic amines) is 1. The monoisotopic (exact) mass is 339 g/mol. The van der Waals surface area contributed by atoms with Crippen LogP contribution in [0, 0.1) is 6.92 Å². The Bertz CT molecular complexity index is 760. The van der Waals surface area contributed by atoms with Gasteiger partial charge in [-0.3, -0.25) is 14.8 Å². The summed E-state index contributed by atoms with van der Waals surface area (Å²) in [7, 11) is 0. The molecule has 1 spiro atoms. The predicted octanol–water partition coefficient (Wildman–Crippen LogP) is 2.24. The van der Waals surface area contributed by atoms with Gasteiger partial charge in [0.05, 0.1) is 31.5 Å².